The fraction of sp³-hybridized carbons (Fsp3) is 0.192. The average molecular weight is 763 g/mol. The summed E-state index contributed by atoms with van der Waals surface area (Å²) in [4.78, 5) is 4.75. The molecule has 0 fully saturated rings. The molecule has 9 aromatic rings. The Bertz CT molecular complexity index is 2650. The van der Waals surface area contributed by atoms with E-state index in [-0.39, 0.29) is 0 Å². The van der Waals surface area contributed by atoms with Crippen LogP contribution in [0.15, 0.2) is 146 Å². The summed E-state index contributed by atoms with van der Waals surface area (Å²) >= 11 is 0. The number of hydrogen-bond donors (Lipinski definition) is 0. The van der Waals surface area contributed by atoms with Crippen molar-refractivity contribution >= 4 is 55.0 Å². The summed E-state index contributed by atoms with van der Waals surface area (Å²) in [6.07, 6.45) is 1.66. The van der Waals surface area contributed by atoms with Crippen LogP contribution in [-0.4, -0.2) is 50.5 Å². The summed E-state index contributed by atoms with van der Waals surface area (Å²) in [6, 6.07) is 52.4. The first kappa shape index (κ1) is 36.9. The molecule has 9 rings (SSSR count). The third-order valence-corrected chi connectivity index (χ3v) is 11.8. The molecule has 0 atom stereocenters. The number of rotatable bonds is 12. The Morgan fingerprint density at radius 1 is 0.431 bits per heavy atom. The van der Waals surface area contributed by atoms with Crippen LogP contribution in [0.25, 0.3) is 55.0 Å². The van der Waals surface area contributed by atoms with Gasteiger partial charge in [0.15, 0.2) is 0 Å². The zero-order valence-electron chi connectivity index (χ0n) is 34.3. The van der Waals surface area contributed by atoms with Crippen LogP contribution < -0.4 is 19.3 Å². The number of aromatic nitrogens is 2. The molecule has 0 spiro atoms. The number of benzene rings is 7. The Morgan fingerprint density at radius 2 is 0.741 bits per heavy atom. The van der Waals surface area contributed by atoms with Crippen LogP contribution in [0.4, 0.5) is 11.4 Å². The molecule has 0 bridgehead atoms. The van der Waals surface area contributed by atoms with Crippen LogP contribution in [-0.2, 0) is 12.8 Å². The lowest BCUT2D eigenvalue weighted by molar-refractivity contribution is 0.408. The van der Waals surface area contributed by atoms with Crippen molar-refractivity contribution in [2.24, 2.45) is 0 Å². The number of hydrogen-bond acceptors (Lipinski definition) is 4. The molecule has 0 amide bonds. The minimum absolute atomic E-state index is 0.825. The van der Waals surface area contributed by atoms with E-state index < -0.39 is 0 Å². The maximum Gasteiger partial charge on any atom is 0.146 e. The van der Waals surface area contributed by atoms with Gasteiger partial charge in [-0.3, -0.25) is 0 Å². The van der Waals surface area contributed by atoms with E-state index >= 15 is 0 Å². The van der Waals surface area contributed by atoms with E-state index in [0.717, 1.165) is 48.8 Å². The van der Waals surface area contributed by atoms with Crippen molar-refractivity contribution in [3.63, 3.8) is 0 Å². The van der Waals surface area contributed by atoms with Crippen molar-refractivity contribution < 1.29 is 9.47 Å². The van der Waals surface area contributed by atoms with E-state index in [9.17, 15) is 0 Å². The molecule has 2 heterocycles. The molecule has 6 nitrogen and oxygen atoms in total. The number of methoxy groups -OCH3 is 2. The normalized spacial score (nSPS) is 11.6. The molecule has 0 aliphatic heterocycles. The number of para-hydroxylation sites is 6. The standard InChI is InChI=1S/C52H50N4O2/c1-35-31-37(51(57-5)49(33-35)55-43-21-11-7-17-39(43)40-18-8-12-22-44(40)55)27-29-53(3)47-25-15-16-26-48(47)54(4)30-28-38-32-36(2)34-50(52(38)58-6)56-45-23-13-9-19-41(45)42-20-10-14-24-46(42)56/h7-26,31-34H,27-30H2,1-6H3. The summed E-state index contributed by atoms with van der Waals surface area (Å²) in [5.74, 6) is 1.84. The molecule has 2 aromatic heterocycles. The summed E-state index contributed by atoms with van der Waals surface area (Å²) in [6.45, 7) is 6.02. The van der Waals surface area contributed by atoms with Crippen molar-refractivity contribution in [3.05, 3.63) is 168 Å². The highest BCUT2D eigenvalue weighted by Gasteiger charge is 2.21. The molecule has 290 valence electrons. The van der Waals surface area contributed by atoms with Gasteiger partial charge in [-0.05, 0) is 97.5 Å². The van der Waals surface area contributed by atoms with Gasteiger partial charge in [0.25, 0.3) is 0 Å². The second-order valence-electron chi connectivity index (χ2n) is 15.5. The number of fused-ring (bicyclic) bond motifs is 6. The SMILES string of the molecule is COc1c(CCN(C)c2ccccc2N(C)CCc2cc(C)cc(-n3c4ccccc4c4ccccc43)c2OC)cc(C)cc1-n1c2ccccc2c2ccccc21. The predicted molar refractivity (Wildman–Crippen MR) is 245 cm³/mol. The van der Waals surface area contributed by atoms with E-state index in [0.29, 0.717) is 0 Å². The van der Waals surface area contributed by atoms with Gasteiger partial charge in [-0.15, -0.1) is 0 Å². The first-order chi connectivity index (χ1) is 28.4. The van der Waals surface area contributed by atoms with Crippen molar-refractivity contribution in [3.8, 4) is 22.9 Å². The number of likely N-dealkylation sites (N-methyl/N-ethyl adjacent to an activating group) is 2. The van der Waals surface area contributed by atoms with Crippen LogP contribution >= 0.6 is 0 Å². The molecular formula is C52H50N4O2. The quantitative estimate of drug-likeness (QED) is 0.124. The van der Waals surface area contributed by atoms with E-state index in [1.807, 2.05) is 0 Å². The second kappa shape index (κ2) is 15.4. The predicted octanol–water partition coefficient (Wildman–Crippen LogP) is 11.9. The molecule has 7 aromatic carbocycles. The zero-order valence-corrected chi connectivity index (χ0v) is 34.3. The number of ether oxygens (including phenoxy) is 2. The van der Waals surface area contributed by atoms with E-state index in [1.165, 1.54) is 77.2 Å². The van der Waals surface area contributed by atoms with Gasteiger partial charge in [0.2, 0.25) is 0 Å². The highest BCUT2D eigenvalue weighted by atomic mass is 16.5. The van der Waals surface area contributed by atoms with E-state index in [1.54, 1.807) is 14.2 Å². The average Bonchev–Trinajstić information content (AvgIpc) is 3.77. The van der Waals surface area contributed by atoms with Crippen LogP contribution in [0.2, 0.25) is 0 Å². The van der Waals surface area contributed by atoms with Gasteiger partial charge in [-0.2, -0.15) is 0 Å². The van der Waals surface area contributed by atoms with E-state index in [2.05, 4.69) is 192 Å². The number of anilines is 2. The monoisotopic (exact) mass is 762 g/mol. The van der Waals surface area contributed by atoms with Crippen molar-refractivity contribution in [1.29, 1.82) is 0 Å². The fourth-order valence-corrected chi connectivity index (χ4v) is 9.12. The lowest BCUT2D eigenvalue weighted by atomic mass is 10.0. The van der Waals surface area contributed by atoms with Crippen LogP contribution in [0.1, 0.15) is 22.3 Å². The lowest BCUT2D eigenvalue weighted by Gasteiger charge is -2.29. The first-order valence-corrected chi connectivity index (χ1v) is 20.2. The Morgan fingerprint density at radius 3 is 1.07 bits per heavy atom. The van der Waals surface area contributed by atoms with Crippen molar-refractivity contribution in [2.45, 2.75) is 26.7 Å². The van der Waals surface area contributed by atoms with Crippen LogP contribution in [0, 0.1) is 13.8 Å². The molecular weight excluding hydrogens is 713 g/mol. The van der Waals surface area contributed by atoms with Gasteiger partial charge >= 0.3 is 0 Å². The highest BCUT2D eigenvalue weighted by molar-refractivity contribution is 6.10. The Kier molecular flexibility index (Phi) is 9.78. The number of nitrogens with zero attached hydrogens (tertiary/aromatic N) is 4. The highest BCUT2D eigenvalue weighted by Crippen LogP contribution is 2.40. The van der Waals surface area contributed by atoms with Crippen LogP contribution in [0.3, 0.4) is 0 Å². The summed E-state index contributed by atoms with van der Waals surface area (Å²) in [5.41, 5.74) is 14.1. The molecule has 0 unspecified atom stereocenters. The molecule has 0 saturated carbocycles. The van der Waals surface area contributed by atoms with Gasteiger partial charge in [0.05, 0.1) is 59.0 Å². The topological polar surface area (TPSA) is 34.8 Å². The largest absolute Gasteiger partial charge is 0.494 e. The minimum atomic E-state index is 0.825. The van der Waals surface area contributed by atoms with Crippen molar-refractivity contribution in [2.75, 3.05) is 51.2 Å². The summed E-state index contributed by atoms with van der Waals surface area (Å²) in [7, 11) is 8.00. The molecule has 0 N–H and O–H groups in total. The second-order valence-corrected chi connectivity index (χ2v) is 15.5. The maximum atomic E-state index is 6.27. The van der Waals surface area contributed by atoms with Gasteiger partial charge in [0.1, 0.15) is 11.5 Å². The van der Waals surface area contributed by atoms with Gasteiger partial charge < -0.3 is 28.4 Å². The van der Waals surface area contributed by atoms with E-state index in [4.69, 9.17) is 9.47 Å². The van der Waals surface area contributed by atoms with Gasteiger partial charge in [-0.1, -0.05) is 97.1 Å². The first-order valence-electron chi connectivity index (χ1n) is 20.2. The Labute approximate surface area is 341 Å². The minimum Gasteiger partial charge on any atom is -0.494 e. The summed E-state index contributed by atoms with van der Waals surface area (Å²) < 4.78 is 17.3. The smallest absolute Gasteiger partial charge is 0.146 e. The molecule has 58 heavy (non-hydrogen) atoms. The lowest BCUT2D eigenvalue weighted by Crippen LogP contribution is -2.26. The fourth-order valence-electron chi connectivity index (χ4n) is 9.12. The third kappa shape index (κ3) is 6.39. The van der Waals surface area contributed by atoms with Crippen LogP contribution in [0.5, 0.6) is 11.5 Å². The third-order valence-electron chi connectivity index (χ3n) is 11.8. The van der Waals surface area contributed by atoms with Gasteiger partial charge in [0, 0.05) is 48.7 Å². The van der Waals surface area contributed by atoms with Crippen molar-refractivity contribution in [1.82, 2.24) is 9.13 Å². The molecule has 0 aliphatic carbocycles. The number of aryl methyl sites for hydroxylation is 2. The Balaban J connectivity index is 0.985. The maximum absolute atomic E-state index is 6.27. The molecule has 0 aliphatic rings. The van der Waals surface area contributed by atoms with Gasteiger partial charge in [-0.25, -0.2) is 0 Å². The Hall–Kier alpha value is -6.66. The molecule has 0 radical (unpaired) electrons. The molecule has 6 heteroatoms. The molecule has 0 saturated heterocycles. The summed E-state index contributed by atoms with van der Waals surface area (Å²) in [5, 5.41) is 4.97. The zero-order chi connectivity index (χ0) is 39.9.